The van der Waals surface area contributed by atoms with Gasteiger partial charge in [-0.2, -0.15) is 0 Å². The molecule has 0 aliphatic carbocycles. The van der Waals surface area contributed by atoms with E-state index < -0.39 is 0 Å². The fourth-order valence-corrected chi connectivity index (χ4v) is 2.30. The topological polar surface area (TPSA) is 76.7 Å². The molecule has 3 N–H and O–H groups in total. The van der Waals surface area contributed by atoms with Crippen molar-refractivity contribution in [1.29, 1.82) is 0 Å². The standard InChI is InChI=1S/C11H15N5S/c1-6-5-13-11(17-6)7(2)14-10-4-9(12)15-8(3)16-10/h4-5,7H,1-3H3,(H3,12,14,15,16). The maximum atomic E-state index is 5.67. The molecule has 2 aromatic heterocycles. The van der Waals surface area contributed by atoms with E-state index in [-0.39, 0.29) is 6.04 Å². The van der Waals surface area contributed by atoms with Crippen LogP contribution in [0.2, 0.25) is 0 Å². The van der Waals surface area contributed by atoms with Crippen LogP contribution in [-0.4, -0.2) is 15.0 Å². The molecule has 0 amide bonds. The Kier molecular flexibility index (Phi) is 3.23. The number of nitrogens with two attached hydrogens (primary N) is 1. The summed E-state index contributed by atoms with van der Waals surface area (Å²) < 4.78 is 0. The lowest BCUT2D eigenvalue weighted by Gasteiger charge is -2.12. The smallest absolute Gasteiger partial charge is 0.132 e. The van der Waals surface area contributed by atoms with Crippen LogP contribution in [0.25, 0.3) is 0 Å². The van der Waals surface area contributed by atoms with E-state index in [0.717, 1.165) is 10.8 Å². The Morgan fingerprint density at radius 1 is 1.35 bits per heavy atom. The Labute approximate surface area is 104 Å². The van der Waals surface area contributed by atoms with E-state index in [1.54, 1.807) is 17.4 Å². The van der Waals surface area contributed by atoms with Crippen molar-refractivity contribution in [3.63, 3.8) is 0 Å². The first kappa shape index (κ1) is 11.8. The number of hydrogen-bond donors (Lipinski definition) is 2. The summed E-state index contributed by atoms with van der Waals surface area (Å²) in [6.45, 7) is 5.91. The molecule has 90 valence electrons. The van der Waals surface area contributed by atoms with Crippen LogP contribution >= 0.6 is 11.3 Å². The molecule has 0 saturated heterocycles. The molecule has 0 aliphatic heterocycles. The third-order valence-electron chi connectivity index (χ3n) is 2.23. The summed E-state index contributed by atoms with van der Waals surface area (Å²) in [6.07, 6.45) is 1.87. The summed E-state index contributed by atoms with van der Waals surface area (Å²) in [6, 6.07) is 1.84. The molecule has 5 nitrogen and oxygen atoms in total. The average Bonchev–Trinajstić information content (AvgIpc) is 2.63. The summed E-state index contributed by atoms with van der Waals surface area (Å²) in [7, 11) is 0. The van der Waals surface area contributed by atoms with Crippen LogP contribution in [0.15, 0.2) is 12.3 Å². The third kappa shape index (κ3) is 2.91. The highest BCUT2D eigenvalue weighted by molar-refractivity contribution is 7.11. The molecule has 17 heavy (non-hydrogen) atoms. The van der Waals surface area contributed by atoms with E-state index in [2.05, 4.69) is 20.3 Å². The SMILES string of the molecule is Cc1nc(N)cc(NC(C)c2ncc(C)s2)n1. The van der Waals surface area contributed by atoms with Gasteiger partial charge in [0.15, 0.2) is 0 Å². The molecule has 0 aromatic carbocycles. The van der Waals surface area contributed by atoms with Gasteiger partial charge in [-0.15, -0.1) is 11.3 Å². The van der Waals surface area contributed by atoms with E-state index >= 15 is 0 Å². The van der Waals surface area contributed by atoms with E-state index in [4.69, 9.17) is 5.73 Å². The van der Waals surface area contributed by atoms with E-state index in [9.17, 15) is 0 Å². The van der Waals surface area contributed by atoms with Crippen molar-refractivity contribution in [2.75, 3.05) is 11.1 Å². The lowest BCUT2D eigenvalue weighted by molar-refractivity contribution is 0.855. The number of nitrogens with zero attached hydrogens (tertiary/aromatic N) is 3. The van der Waals surface area contributed by atoms with Gasteiger partial charge in [-0.05, 0) is 20.8 Å². The summed E-state index contributed by atoms with van der Waals surface area (Å²) in [5, 5.41) is 4.31. The second kappa shape index (κ2) is 4.67. The minimum Gasteiger partial charge on any atom is -0.384 e. The van der Waals surface area contributed by atoms with Crippen LogP contribution in [0.3, 0.4) is 0 Å². The molecule has 1 atom stereocenters. The first-order chi connectivity index (χ1) is 8.04. The molecule has 0 aliphatic rings. The number of thiazole rings is 1. The molecule has 6 heteroatoms. The monoisotopic (exact) mass is 249 g/mol. The Balaban J connectivity index is 2.15. The van der Waals surface area contributed by atoms with Crippen molar-refractivity contribution in [2.45, 2.75) is 26.8 Å². The molecule has 0 saturated carbocycles. The number of rotatable bonds is 3. The molecule has 0 spiro atoms. The van der Waals surface area contributed by atoms with Crippen molar-refractivity contribution >= 4 is 23.0 Å². The fourth-order valence-electron chi connectivity index (χ4n) is 1.52. The molecular formula is C11H15N5S. The van der Waals surface area contributed by atoms with E-state index in [1.165, 1.54) is 4.88 Å². The number of aromatic nitrogens is 3. The fraction of sp³-hybridized carbons (Fsp3) is 0.364. The second-order valence-corrected chi connectivity index (χ2v) is 5.17. The van der Waals surface area contributed by atoms with E-state index in [0.29, 0.717) is 11.6 Å². The van der Waals surface area contributed by atoms with Gasteiger partial charge in [-0.25, -0.2) is 15.0 Å². The molecule has 0 bridgehead atoms. The molecule has 0 fully saturated rings. The predicted molar refractivity (Wildman–Crippen MR) is 70.1 cm³/mol. The van der Waals surface area contributed by atoms with Gasteiger partial charge < -0.3 is 11.1 Å². The van der Waals surface area contributed by atoms with Crippen LogP contribution in [0.1, 0.15) is 28.7 Å². The van der Waals surface area contributed by atoms with Crippen LogP contribution in [-0.2, 0) is 0 Å². The minimum atomic E-state index is 0.113. The number of nitrogens with one attached hydrogen (secondary N) is 1. The van der Waals surface area contributed by atoms with Gasteiger partial charge in [0.25, 0.3) is 0 Å². The normalized spacial score (nSPS) is 12.4. The molecule has 1 unspecified atom stereocenters. The highest BCUT2D eigenvalue weighted by Gasteiger charge is 2.10. The highest BCUT2D eigenvalue weighted by Crippen LogP contribution is 2.22. The number of anilines is 2. The van der Waals surface area contributed by atoms with Crippen LogP contribution in [0.4, 0.5) is 11.6 Å². The first-order valence-electron chi connectivity index (χ1n) is 5.34. The summed E-state index contributed by atoms with van der Waals surface area (Å²) >= 11 is 1.68. The van der Waals surface area contributed by atoms with Crippen molar-refractivity contribution in [3.05, 3.63) is 28.0 Å². The molecule has 2 aromatic rings. The van der Waals surface area contributed by atoms with Gasteiger partial charge in [-0.1, -0.05) is 0 Å². The maximum absolute atomic E-state index is 5.67. The predicted octanol–water partition coefficient (Wildman–Crippen LogP) is 2.31. The zero-order valence-corrected chi connectivity index (χ0v) is 10.9. The van der Waals surface area contributed by atoms with E-state index in [1.807, 2.05) is 27.0 Å². The number of nitrogen functional groups attached to an aromatic ring is 1. The zero-order chi connectivity index (χ0) is 12.4. The summed E-state index contributed by atoms with van der Waals surface area (Å²) in [4.78, 5) is 13.9. The largest absolute Gasteiger partial charge is 0.384 e. The minimum absolute atomic E-state index is 0.113. The van der Waals surface area contributed by atoms with Crippen molar-refractivity contribution in [1.82, 2.24) is 15.0 Å². The second-order valence-electron chi connectivity index (χ2n) is 3.90. The quantitative estimate of drug-likeness (QED) is 0.872. The van der Waals surface area contributed by atoms with Crippen molar-refractivity contribution in [3.8, 4) is 0 Å². The van der Waals surface area contributed by atoms with Gasteiger partial charge in [0.1, 0.15) is 22.5 Å². The number of aryl methyl sites for hydroxylation is 2. The van der Waals surface area contributed by atoms with Crippen molar-refractivity contribution in [2.24, 2.45) is 0 Å². The van der Waals surface area contributed by atoms with Gasteiger partial charge in [0.2, 0.25) is 0 Å². The zero-order valence-electron chi connectivity index (χ0n) is 10.1. The van der Waals surface area contributed by atoms with Gasteiger partial charge >= 0.3 is 0 Å². The Morgan fingerprint density at radius 2 is 2.12 bits per heavy atom. The molecule has 2 heterocycles. The number of hydrogen-bond acceptors (Lipinski definition) is 6. The molecule has 2 rings (SSSR count). The maximum Gasteiger partial charge on any atom is 0.132 e. The lowest BCUT2D eigenvalue weighted by atomic mass is 10.3. The van der Waals surface area contributed by atoms with Crippen LogP contribution < -0.4 is 11.1 Å². The molecule has 0 radical (unpaired) electrons. The van der Waals surface area contributed by atoms with Gasteiger partial charge in [0.05, 0.1) is 6.04 Å². The van der Waals surface area contributed by atoms with Crippen LogP contribution in [0, 0.1) is 13.8 Å². The summed E-state index contributed by atoms with van der Waals surface area (Å²) in [5.41, 5.74) is 5.67. The van der Waals surface area contributed by atoms with Gasteiger partial charge in [0, 0.05) is 17.1 Å². The summed E-state index contributed by atoms with van der Waals surface area (Å²) in [5.74, 6) is 1.87. The average molecular weight is 249 g/mol. The molecular weight excluding hydrogens is 234 g/mol. The Bertz CT molecular complexity index is 502. The van der Waals surface area contributed by atoms with Gasteiger partial charge in [-0.3, -0.25) is 0 Å². The first-order valence-corrected chi connectivity index (χ1v) is 6.16. The Morgan fingerprint density at radius 3 is 2.71 bits per heavy atom. The Hall–Kier alpha value is -1.69. The third-order valence-corrected chi connectivity index (χ3v) is 3.33. The van der Waals surface area contributed by atoms with Crippen LogP contribution in [0.5, 0.6) is 0 Å². The highest BCUT2D eigenvalue weighted by atomic mass is 32.1. The lowest BCUT2D eigenvalue weighted by Crippen LogP contribution is -2.09. The van der Waals surface area contributed by atoms with Crippen molar-refractivity contribution < 1.29 is 0 Å².